The molecule has 0 saturated heterocycles. The molecule has 0 aromatic heterocycles. The van der Waals surface area contributed by atoms with Gasteiger partial charge in [-0.2, -0.15) is 0 Å². The molecule has 0 radical (unpaired) electrons. The van der Waals surface area contributed by atoms with E-state index in [0.29, 0.717) is 23.9 Å². The third-order valence-electron chi connectivity index (χ3n) is 11.9. The van der Waals surface area contributed by atoms with Gasteiger partial charge in [0.15, 0.2) is 6.10 Å². The minimum atomic E-state index is -1.51. The Morgan fingerprint density at radius 3 is 1.21 bits per heavy atom. The van der Waals surface area contributed by atoms with E-state index < -0.39 is 24.3 Å². The molecule has 0 aromatic rings. The van der Waals surface area contributed by atoms with E-state index in [-0.39, 0.29) is 32.2 Å². The lowest BCUT2D eigenvalue weighted by Gasteiger charge is -2.25. The Morgan fingerprint density at radius 2 is 0.814 bits per heavy atom. The minimum absolute atomic E-state index is 0.184. The maximum atomic E-state index is 12.8. The molecule has 0 aliphatic carbocycles. The van der Waals surface area contributed by atoms with Gasteiger partial charge in [-0.1, -0.05) is 227 Å². The van der Waals surface area contributed by atoms with Crippen molar-refractivity contribution in [3.05, 3.63) is 85.1 Å². The van der Waals surface area contributed by atoms with Crippen LogP contribution in [0.4, 0.5) is 0 Å². The van der Waals surface area contributed by atoms with E-state index >= 15 is 0 Å². The molecule has 0 heterocycles. The summed E-state index contributed by atoms with van der Waals surface area (Å²) in [5.41, 5.74) is 0. The van der Waals surface area contributed by atoms with Gasteiger partial charge in [-0.05, 0) is 70.6 Å². The van der Waals surface area contributed by atoms with Gasteiger partial charge in [-0.25, -0.2) is 4.79 Å². The molecule has 0 amide bonds. The monoisotopic (exact) mass is 981 g/mol. The first-order chi connectivity index (χ1) is 34.1. The lowest BCUT2D eigenvalue weighted by atomic mass is 10.0. The number of quaternary nitrogens is 1. The molecule has 0 aliphatic heterocycles. The summed E-state index contributed by atoms with van der Waals surface area (Å²) in [6.07, 6.45) is 65.2. The highest BCUT2D eigenvalue weighted by molar-refractivity contribution is 5.71. The van der Waals surface area contributed by atoms with Crippen molar-refractivity contribution in [1.29, 1.82) is 0 Å². The average molecular weight is 982 g/mol. The van der Waals surface area contributed by atoms with E-state index in [2.05, 4.69) is 98.9 Å². The molecule has 0 fully saturated rings. The van der Waals surface area contributed by atoms with E-state index in [1.54, 1.807) is 0 Å². The second-order valence-corrected chi connectivity index (χ2v) is 19.9. The smallest absolute Gasteiger partial charge is 0.361 e. The highest BCUT2D eigenvalue weighted by atomic mass is 16.7. The highest BCUT2D eigenvalue weighted by Gasteiger charge is 2.25. The fourth-order valence-electron chi connectivity index (χ4n) is 7.58. The number of unbranched alkanes of at least 4 members (excludes halogenated alkanes) is 22. The third kappa shape index (κ3) is 52.3. The van der Waals surface area contributed by atoms with Gasteiger partial charge in [0.25, 0.3) is 6.29 Å². The maximum absolute atomic E-state index is 12.8. The van der Waals surface area contributed by atoms with Crippen LogP contribution in [0.5, 0.6) is 0 Å². The first-order valence-corrected chi connectivity index (χ1v) is 28.3. The molecule has 9 nitrogen and oxygen atoms in total. The minimum Gasteiger partial charge on any atom is -0.477 e. The molecule has 2 atom stereocenters. The fourth-order valence-corrected chi connectivity index (χ4v) is 7.58. The predicted molar refractivity (Wildman–Crippen MR) is 295 cm³/mol. The molecule has 0 saturated carbocycles. The lowest BCUT2D eigenvalue weighted by Crippen LogP contribution is -2.40. The Hall–Kier alpha value is -3.53. The number of esters is 2. The lowest BCUT2D eigenvalue weighted by molar-refractivity contribution is -0.870. The van der Waals surface area contributed by atoms with Gasteiger partial charge < -0.3 is 28.5 Å². The molecule has 0 bridgehead atoms. The second kappa shape index (κ2) is 51.8. The summed E-state index contributed by atoms with van der Waals surface area (Å²) in [4.78, 5) is 37.3. The molecule has 0 rings (SSSR count). The molecule has 0 spiro atoms. The molecular weight excluding hydrogens is 875 g/mol. The van der Waals surface area contributed by atoms with Crippen molar-refractivity contribution >= 4 is 17.9 Å². The zero-order chi connectivity index (χ0) is 51.3. The maximum Gasteiger partial charge on any atom is 0.361 e. The SMILES string of the molecule is CC/C=C\C/C=C\C/C=C\C/C=C\C/C=C\C/C=C\C/C=C\CCCCCCCCCCCCCC(=O)OC(COC(=O)CCCCCCCCCCCCCC)COC(OCC[N+](C)(C)C)C(=O)O. The van der Waals surface area contributed by atoms with Crippen LogP contribution in [0.2, 0.25) is 0 Å². The van der Waals surface area contributed by atoms with E-state index in [1.807, 2.05) is 21.1 Å². The first-order valence-electron chi connectivity index (χ1n) is 28.3. The number of aliphatic carboxylic acids is 1. The number of rotatable bonds is 51. The van der Waals surface area contributed by atoms with E-state index in [1.165, 1.54) is 103 Å². The largest absolute Gasteiger partial charge is 0.477 e. The summed E-state index contributed by atoms with van der Waals surface area (Å²) in [7, 11) is 5.96. The Bertz CT molecular complexity index is 1420. The fraction of sp³-hybridized carbons (Fsp3) is 0.721. The quantitative estimate of drug-likeness (QED) is 0.0211. The number of hydrogen-bond donors (Lipinski definition) is 1. The van der Waals surface area contributed by atoms with Crippen LogP contribution >= 0.6 is 0 Å². The van der Waals surface area contributed by atoms with Gasteiger partial charge in [0, 0.05) is 12.8 Å². The number of likely N-dealkylation sites (N-methyl/N-ethyl adjacent to an activating group) is 1. The van der Waals surface area contributed by atoms with E-state index in [4.69, 9.17) is 18.9 Å². The Labute approximate surface area is 430 Å². The van der Waals surface area contributed by atoms with Crippen LogP contribution < -0.4 is 0 Å². The topological polar surface area (TPSA) is 108 Å². The summed E-state index contributed by atoms with van der Waals surface area (Å²) < 4.78 is 22.8. The van der Waals surface area contributed by atoms with Crippen LogP contribution in [0.3, 0.4) is 0 Å². The number of carboxylic acids is 1. The summed E-state index contributed by atoms with van der Waals surface area (Å²) in [5, 5.41) is 9.68. The molecule has 9 heteroatoms. The average Bonchev–Trinajstić information content (AvgIpc) is 3.33. The van der Waals surface area contributed by atoms with Gasteiger partial charge in [0.1, 0.15) is 13.2 Å². The van der Waals surface area contributed by atoms with Gasteiger partial charge >= 0.3 is 17.9 Å². The molecular formula is C61H106NO8+. The van der Waals surface area contributed by atoms with Crippen LogP contribution in [-0.4, -0.2) is 87.4 Å². The van der Waals surface area contributed by atoms with Gasteiger partial charge in [-0.3, -0.25) is 9.59 Å². The zero-order valence-corrected chi connectivity index (χ0v) is 45.7. The van der Waals surface area contributed by atoms with Crippen molar-refractivity contribution in [3.63, 3.8) is 0 Å². The number of allylic oxidation sites excluding steroid dienone is 14. The molecule has 2 unspecified atom stereocenters. The van der Waals surface area contributed by atoms with Gasteiger partial charge in [0.2, 0.25) is 0 Å². The third-order valence-corrected chi connectivity index (χ3v) is 11.9. The number of ether oxygens (including phenoxy) is 4. The van der Waals surface area contributed by atoms with Crippen LogP contribution in [0.25, 0.3) is 0 Å². The Kier molecular flexibility index (Phi) is 49.2. The standard InChI is InChI=1S/C61H105NO8/c1-6-8-10-12-14-16-18-20-21-22-23-24-25-26-27-28-29-30-31-32-33-34-35-36-37-38-39-40-42-44-46-48-50-52-59(64)70-57(56-69-61(60(65)66)67-54-53-62(3,4)5)55-68-58(63)51-49-47-45-43-41-19-17-15-13-11-9-7-2/h8,10,14,16,20-21,23-24,26-27,29-30,32-33,57,61H,6-7,9,11-13,15,17-19,22,25,28,31,34-56H2,1-5H3/p+1/b10-8-,16-14-,21-20-,24-23-,27-26-,30-29-,33-32-. The van der Waals surface area contributed by atoms with Crippen molar-refractivity contribution < 1.29 is 42.9 Å². The second-order valence-electron chi connectivity index (χ2n) is 19.9. The summed E-state index contributed by atoms with van der Waals surface area (Å²) in [5.74, 6) is -2.01. The van der Waals surface area contributed by atoms with E-state index in [9.17, 15) is 19.5 Å². The van der Waals surface area contributed by atoms with Crippen LogP contribution in [0.1, 0.15) is 226 Å². The molecule has 0 aromatic carbocycles. The molecule has 70 heavy (non-hydrogen) atoms. The molecule has 402 valence electrons. The van der Waals surface area contributed by atoms with Gasteiger partial charge in [-0.15, -0.1) is 0 Å². The number of nitrogens with zero attached hydrogens (tertiary/aromatic N) is 1. The van der Waals surface area contributed by atoms with Crippen LogP contribution in [-0.2, 0) is 33.3 Å². The van der Waals surface area contributed by atoms with Crippen molar-refractivity contribution in [2.24, 2.45) is 0 Å². The Balaban J connectivity index is 4.17. The predicted octanol–water partition coefficient (Wildman–Crippen LogP) is 16.4. The highest BCUT2D eigenvalue weighted by Crippen LogP contribution is 2.15. The van der Waals surface area contributed by atoms with Crippen molar-refractivity contribution in [2.45, 2.75) is 238 Å². The molecule has 0 aliphatic rings. The summed E-state index contributed by atoms with van der Waals surface area (Å²) in [6, 6.07) is 0. The van der Waals surface area contributed by atoms with Crippen LogP contribution in [0, 0.1) is 0 Å². The van der Waals surface area contributed by atoms with Crippen molar-refractivity contribution in [2.75, 3.05) is 47.5 Å². The first kappa shape index (κ1) is 66.5. The number of carbonyl (C=O) groups excluding carboxylic acids is 2. The normalized spacial score (nSPS) is 13.4. The van der Waals surface area contributed by atoms with E-state index in [0.717, 1.165) is 89.9 Å². The summed E-state index contributed by atoms with van der Waals surface area (Å²) >= 11 is 0. The number of hydrogen-bond acceptors (Lipinski definition) is 7. The summed E-state index contributed by atoms with van der Waals surface area (Å²) in [6.45, 7) is 4.75. The number of carbonyl (C=O) groups is 3. The van der Waals surface area contributed by atoms with Crippen molar-refractivity contribution in [3.8, 4) is 0 Å². The molecule has 1 N–H and O–H groups in total. The zero-order valence-electron chi connectivity index (χ0n) is 45.7. The Morgan fingerprint density at radius 1 is 0.443 bits per heavy atom. The van der Waals surface area contributed by atoms with Gasteiger partial charge in [0.05, 0.1) is 34.4 Å². The van der Waals surface area contributed by atoms with Crippen molar-refractivity contribution in [1.82, 2.24) is 0 Å². The number of carboxylic acid groups (broad SMARTS) is 1. The van der Waals surface area contributed by atoms with Crippen LogP contribution in [0.15, 0.2) is 85.1 Å².